The highest BCUT2D eigenvalue weighted by Gasteiger charge is 2.33. The number of rotatable bonds is 6. The molecule has 0 bridgehead atoms. The zero-order chi connectivity index (χ0) is 26.2. The van der Waals surface area contributed by atoms with Gasteiger partial charge in [-0.3, -0.25) is 4.79 Å². The zero-order valence-electron chi connectivity index (χ0n) is 21.5. The highest BCUT2D eigenvalue weighted by atomic mass is 32.2. The Labute approximate surface area is 219 Å². The third-order valence-corrected chi connectivity index (χ3v) is 9.15. The zero-order valence-corrected chi connectivity index (χ0v) is 22.3. The minimum Gasteiger partial charge on any atom is -0.355 e. The number of benzene rings is 3. The molecule has 0 aliphatic carbocycles. The maximum absolute atomic E-state index is 13.0. The van der Waals surface area contributed by atoms with E-state index in [0.717, 1.165) is 41.4 Å². The van der Waals surface area contributed by atoms with Gasteiger partial charge >= 0.3 is 0 Å². The molecule has 37 heavy (non-hydrogen) atoms. The Hall–Kier alpha value is -3.40. The van der Waals surface area contributed by atoms with Crippen molar-refractivity contribution >= 4 is 38.7 Å². The number of hydrogen-bond acceptors (Lipinski definition) is 6. The van der Waals surface area contributed by atoms with Crippen LogP contribution in [0.1, 0.15) is 12.5 Å². The Balaban J connectivity index is 1.37. The number of fused-ring (bicyclic) bond motifs is 1. The van der Waals surface area contributed by atoms with Gasteiger partial charge in [0.25, 0.3) is 0 Å². The number of nitrogens with zero attached hydrogens (tertiary/aromatic N) is 4. The predicted molar refractivity (Wildman–Crippen MR) is 148 cm³/mol. The standard InChI is InChI=1S/C28H33N5O3S/c1-21-28(34)31(3)26-14-11-24(19-27(26)33(21)20-22-7-5-4-6-8-22)29-23-9-12-25(13-10-23)37(35,36)32-17-15-30(2)16-18-32/h4-14,19,21,29H,15-18,20H2,1-3H3/t21-/m1/s1. The highest BCUT2D eigenvalue weighted by Crippen LogP contribution is 2.39. The van der Waals surface area contributed by atoms with Gasteiger partial charge in [0.2, 0.25) is 15.9 Å². The molecule has 1 atom stereocenters. The van der Waals surface area contributed by atoms with Crippen LogP contribution in [0.5, 0.6) is 0 Å². The average Bonchev–Trinajstić information content (AvgIpc) is 2.91. The topological polar surface area (TPSA) is 76.2 Å². The van der Waals surface area contributed by atoms with Crippen LogP contribution in [0.2, 0.25) is 0 Å². The van der Waals surface area contributed by atoms with E-state index in [9.17, 15) is 13.2 Å². The first kappa shape index (κ1) is 25.3. The third-order valence-electron chi connectivity index (χ3n) is 7.24. The summed E-state index contributed by atoms with van der Waals surface area (Å²) < 4.78 is 27.6. The van der Waals surface area contributed by atoms with Crippen LogP contribution >= 0.6 is 0 Å². The number of carbonyl (C=O) groups is 1. The fraction of sp³-hybridized carbons (Fsp3) is 0.321. The van der Waals surface area contributed by atoms with Crippen LogP contribution in [-0.4, -0.2) is 69.8 Å². The Kier molecular flexibility index (Phi) is 6.94. The summed E-state index contributed by atoms with van der Waals surface area (Å²) in [5.74, 6) is 0.0567. The lowest BCUT2D eigenvalue weighted by Gasteiger charge is -2.40. The lowest BCUT2D eigenvalue weighted by Crippen LogP contribution is -2.50. The molecule has 0 saturated carbocycles. The molecule has 0 unspecified atom stereocenters. The molecule has 0 radical (unpaired) electrons. The lowest BCUT2D eigenvalue weighted by molar-refractivity contribution is -0.119. The number of likely N-dealkylation sites (N-methyl/N-ethyl adjacent to an activating group) is 2. The Morgan fingerprint density at radius 3 is 2.16 bits per heavy atom. The van der Waals surface area contributed by atoms with Crippen molar-refractivity contribution in [1.29, 1.82) is 0 Å². The SMILES string of the molecule is C[C@@H]1C(=O)N(C)c2ccc(Nc3ccc(S(=O)(=O)N4CCN(C)CC4)cc3)cc2N1Cc1ccccc1. The molecule has 0 spiro atoms. The molecule has 8 nitrogen and oxygen atoms in total. The van der Waals surface area contributed by atoms with Gasteiger partial charge < -0.3 is 20.0 Å². The molecule has 9 heteroatoms. The highest BCUT2D eigenvalue weighted by molar-refractivity contribution is 7.89. The first-order valence-electron chi connectivity index (χ1n) is 12.5. The van der Waals surface area contributed by atoms with Crippen molar-refractivity contribution in [2.75, 3.05) is 55.4 Å². The van der Waals surface area contributed by atoms with Crippen molar-refractivity contribution in [1.82, 2.24) is 9.21 Å². The normalized spacial score (nSPS) is 19.1. The van der Waals surface area contributed by atoms with Gasteiger partial charge in [0, 0.05) is 51.1 Å². The molecule has 2 heterocycles. The van der Waals surface area contributed by atoms with Crippen LogP contribution in [0.25, 0.3) is 0 Å². The van der Waals surface area contributed by atoms with Gasteiger partial charge in [0.15, 0.2) is 0 Å². The van der Waals surface area contributed by atoms with E-state index in [1.54, 1.807) is 33.5 Å². The van der Waals surface area contributed by atoms with Crippen molar-refractivity contribution in [2.45, 2.75) is 24.4 Å². The molecule has 194 valence electrons. The van der Waals surface area contributed by atoms with E-state index in [1.807, 2.05) is 57.4 Å². The van der Waals surface area contributed by atoms with Crippen LogP contribution in [0.4, 0.5) is 22.7 Å². The van der Waals surface area contributed by atoms with Crippen LogP contribution in [0, 0.1) is 0 Å². The molecule has 2 aliphatic heterocycles. The fourth-order valence-electron chi connectivity index (χ4n) is 4.91. The van der Waals surface area contributed by atoms with Crippen LogP contribution in [0.3, 0.4) is 0 Å². The predicted octanol–water partition coefficient (Wildman–Crippen LogP) is 3.74. The molecule has 1 N–H and O–H groups in total. The van der Waals surface area contributed by atoms with E-state index in [-0.39, 0.29) is 11.9 Å². The van der Waals surface area contributed by atoms with Gasteiger partial charge in [0.1, 0.15) is 6.04 Å². The second-order valence-corrected chi connectivity index (χ2v) is 11.7. The molecular weight excluding hydrogens is 486 g/mol. The Morgan fingerprint density at radius 1 is 0.838 bits per heavy atom. The number of amides is 1. The summed E-state index contributed by atoms with van der Waals surface area (Å²) >= 11 is 0. The van der Waals surface area contributed by atoms with Crippen LogP contribution < -0.4 is 15.1 Å². The quantitative estimate of drug-likeness (QED) is 0.535. The first-order chi connectivity index (χ1) is 17.7. The summed E-state index contributed by atoms with van der Waals surface area (Å²) in [7, 11) is 0.305. The molecule has 1 saturated heterocycles. The number of hydrogen-bond donors (Lipinski definition) is 1. The first-order valence-corrected chi connectivity index (χ1v) is 14.0. The number of sulfonamides is 1. The summed E-state index contributed by atoms with van der Waals surface area (Å²) in [5, 5.41) is 3.40. The number of anilines is 4. The van der Waals surface area contributed by atoms with Gasteiger partial charge in [-0.15, -0.1) is 0 Å². The van der Waals surface area contributed by atoms with Crippen molar-refractivity contribution in [3.05, 3.63) is 78.4 Å². The maximum Gasteiger partial charge on any atom is 0.249 e. The van der Waals surface area contributed by atoms with Crippen LogP contribution in [-0.2, 0) is 21.4 Å². The molecule has 3 aromatic carbocycles. The number of nitrogens with one attached hydrogen (secondary N) is 1. The molecule has 5 rings (SSSR count). The second kappa shape index (κ2) is 10.2. The van der Waals surface area contributed by atoms with Gasteiger partial charge in [-0.2, -0.15) is 4.31 Å². The van der Waals surface area contributed by atoms with E-state index in [0.29, 0.717) is 24.5 Å². The van der Waals surface area contributed by atoms with E-state index in [4.69, 9.17) is 0 Å². The lowest BCUT2D eigenvalue weighted by atomic mass is 10.0. The van der Waals surface area contributed by atoms with Crippen LogP contribution in [0.15, 0.2) is 77.7 Å². The molecule has 3 aromatic rings. The molecule has 2 aliphatic rings. The van der Waals surface area contributed by atoms with Gasteiger partial charge in [-0.25, -0.2) is 8.42 Å². The number of carbonyl (C=O) groups excluding carboxylic acids is 1. The smallest absolute Gasteiger partial charge is 0.249 e. The van der Waals surface area contributed by atoms with Gasteiger partial charge in [0.05, 0.1) is 16.3 Å². The van der Waals surface area contributed by atoms with E-state index in [2.05, 4.69) is 27.2 Å². The second-order valence-electron chi connectivity index (χ2n) is 9.75. The van der Waals surface area contributed by atoms with Crippen molar-refractivity contribution in [3.63, 3.8) is 0 Å². The fourth-order valence-corrected chi connectivity index (χ4v) is 6.33. The summed E-state index contributed by atoms with van der Waals surface area (Å²) in [5.41, 5.74) is 4.62. The third kappa shape index (κ3) is 5.07. The van der Waals surface area contributed by atoms with Gasteiger partial charge in [-0.05, 0) is 62.0 Å². The van der Waals surface area contributed by atoms with E-state index >= 15 is 0 Å². The summed E-state index contributed by atoms with van der Waals surface area (Å²) in [6, 6.07) is 22.7. The number of piperazine rings is 1. The van der Waals surface area contributed by atoms with E-state index < -0.39 is 10.0 Å². The summed E-state index contributed by atoms with van der Waals surface area (Å²) in [4.78, 5) is 19.2. The minimum absolute atomic E-state index is 0.0567. The van der Waals surface area contributed by atoms with Gasteiger partial charge in [-0.1, -0.05) is 30.3 Å². The largest absolute Gasteiger partial charge is 0.355 e. The summed E-state index contributed by atoms with van der Waals surface area (Å²) in [6.45, 7) is 5.03. The minimum atomic E-state index is -3.51. The summed E-state index contributed by atoms with van der Waals surface area (Å²) in [6.07, 6.45) is 0. The maximum atomic E-state index is 13.0. The average molecular weight is 520 g/mol. The van der Waals surface area contributed by atoms with Crippen molar-refractivity contribution in [2.24, 2.45) is 0 Å². The molecule has 0 aromatic heterocycles. The monoisotopic (exact) mass is 519 g/mol. The van der Waals surface area contributed by atoms with Crippen molar-refractivity contribution in [3.8, 4) is 0 Å². The molecule has 1 amide bonds. The molecule has 1 fully saturated rings. The van der Waals surface area contributed by atoms with Crippen molar-refractivity contribution < 1.29 is 13.2 Å². The molecular formula is C28H33N5O3S. The Bertz CT molecular complexity index is 1370. The Morgan fingerprint density at radius 2 is 1.49 bits per heavy atom. The van der Waals surface area contributed by atoms with E-state index in [1.165, 1.54) is 0 Å².